The molecule has 0 saturated carbocycles. The second kappa shape index (κ2) is 9.92. The van der Waals surface area contributed by atoms with Crippen LogP contribution in [0.5, 0.6) is 0 Å². The highest BCUT2D eigenvalue weighted by molar-refractivity contribution is 4.92. The van der Waals surface area contributed by atoms with Crippen LogP contribution in [-0.4, -0.2) is 27.9 Å². The summed E-state index contributed by atoms with van der Waals surface area (Å²) in [6, 6.07) is 0. The van der Waals surface area contributed by atoms with Crippen molar-refractivity contribution >= 4 is 0 Å². The minimum Gasteiger partial charge on any atom is -0.316 e. The van der Waals surface area contributed by atoms with Gasteiger partial charge in [0.2, 0.25) is 0 Å². The molecule has 116 valence electrons. The molecule has 0 spiro atoms. The molecule has 4 nitrogen and oxygen atoms in total. The number of rotatable bonds is 11. The van der Waals surface area contributed by atoms with Gasteiger partial charge in [0.25, 0.3) is 0 Å². The van der Waals surface area contributed by atoms with Crippen LogP contribution in [0.15, 0.2) is 0 Å². The number of unbranched alkanes of at least 4 members (excludes halogenated alkanes) is 3. The van der Waals surface area contributed by atoms with Crippen molar-refractivity contribution in [1.29, 1.82) is 0 Å². The lowest BCUT2D eigenvalue weighted by molar-refractivity contribution is 0.497. The second-order valence-electron chi connectivity index (χ2n) is 5.89. The summed E-state index contributed by atoms with van der Waals surface area (Å²) < 4.78 is 2.11. The molecule has 20 heavy (non-hydrogen) atoms. The second-order valence-corrected chi connectivity index (χ2v) is 5.89. The predicted octanol–water partition coefficient (Wildman–Crippen LogP) is 3.21. The van der Waals surface area contributed by atoms with Crippen molar-refractivity contribution in [2.24, 2.45) is 5.92 Å². The zero-order valence-corrected chi connectivity index (χ0v) is 13.8. The molecule has 1 aromatic rings. The summed E-state index contributed by atoms with van der Waals surface area (Å²) >= 11 is 0. The minimum absolute atomic E-state index is 0.752. The molecule has 1 aromatic heterocycles. The Hall–Kier alpha value is -0.900. The van der Waals surface area contributed by atoms with Gasteiger partial charge in [0.1, 0.15) is 5.82 Å². The summed E-state index contributed by atoms with van der Waals surface area (Å²) in [7, 11) is 0. The number of aromatic nitrogens is 3. The Morgan fingerprint density at radius 1 is 1.05 bits per heavy atom. The van der Waals surface area contributed by atoms with Gasteiger partial charge in [0.15, 0.2) is 5.82 Å². The maximum atomic E-state index is 4.56. The van der Waals surface area contributed by atoms with Crippen molar-refractivity contribution in [3.05, 3.63) is 11.6 Å². The molecule has 0 radical (unpaired) electrons. The molecule has 0 aliphatic heterocycles. The van der Waals surface area contributed by atoms with E-state index < -0.39 is 0 Å². The lowest BCUT2D eigenvalue weighted by Crippen LogP contribution is -2.20. The topological polar surface area (TPSA) is 42.7 Å². The summed E-state index contributed by atoms with van der Waals surface area (Å²) in [6.07, 6.45) is 7.00. The highest BCUT2D eigenvalue weighted by Crippen LogP contribution is 2.06. The average Bonchev–Trinajstić information content (AvgIpc) is 2.84. The molecule has 0 fully saturated rings. The molecule has 1 heterocycles. The van der Waals surface area contributed by atoms with Gasteiger partial charge in [0.05, 0.1) is 0 Å². The number of hydrogen-bond donors (Lipinski definition) is 1. The lowest BCUT2D eigenvalue weighted by atomic mass is 10.2. The molecule has 0 saturated heterocycles. The molecule has 1 N–H and O–H groups in total. The van der Waals surface area contributed by atoms with Crippen molar-refractivity contribution in [1.82, 2.24) is 20.1 Å². The van der Waals surface area contributed by atoms with E-state index in [-0.39, 0.29) is 0 Å². The van der Waals surface area contributed by atoms with Gasteiger partial charge in [-0.3, -0.25) is 0 Å². The first-order valence-corrected chi connectivity index (χ1v) is 8.30. The van der Waals surface area contributed by atoms with E-state index in [1.165, 1.54) is 25.7 Å². The van der Waals surface area contributed by atoms with E-state index >= 15 is 0 Å². The van der Waals surface area contributed by atoms with Crippen LogP contribution < -0.4 is 5.32 Å². The van der Waals surface area contributed by atoms with Gasteiger partial charge in [-0.2, -0.15) is 5.10 Å². The van der Waals surface area contributed by atoms with Gasteiger partial charge in [-0.05, 0) is 31.8 Å². The summed E-state index contributed by atoms with van der Waals surface area (Å²) in [5.41, 5.74) is 0. The first-order valence-electron chi connectivity index (χ1n) is 8.30. The smallest absolute Gasteiger partial charge is 0.150 e. The zero-order valence-electron chi connectivity index (χ0n) is 13.8. The molecule has 0 atom stereocenters. The van der Waals surface area contributed by atoms with Gasteiger partial charge < -0.3 is 5.32 Å². The standard InChI is InChI=1S/C16H32N4/c1-5-15-18-16(6-2)20(19-15)12-10-8-7-9-11-17-13-14(3)4/h14,17H,5-13H2,1-4H3. The van der Waals surface area contributed by atoms with E-state index in [9.17, 15) is 0 Å². The Kier molecular flexibility index (Phi) is 8.51. The van der Waals surface area contributed by atoms with E-state index in [0.717, 1.165) is 50.0 Å². The van der Waals surface area contributed by atoms with Crippen LogP contribution in [0.3, 0.4) is 0 Å². The van der Waals surface area contributed by atoms with Crippen molar-refractivity contribution in [3.8, 4) is 0 Å². The van der Waals surface area contributed by atoms with E-state index in [4.69, 9.17) is 0 Å². The summed E-state index contributed by atoms with van der Waals surface area (Å²) in [6.45, 7) is 12.1. The molecule has 0 bridgehead atoms. The van der Waals surface area contributed by atoms with Crippen LogP contribution in [0.2, 0.25) is 0 Å². The van der Waals surface area contributed by atoms with E-state index in [1.807, 2.05) is 0 Å². The van der Waals surface area contributed by atoms with Crippen molar-refractivity contribution in [2.45, 2.75) is 72.8 Å². The zero-order chi connectivity index (χ0) is 14.8. The largest absolute Gasteiger partial charge is 0.316 e. The third-order valence-electron chi connectivity index (χ3n) is 3.45. The Balaban J connectivity index is 2.10. The maximum absolute atomic E-state index is 4.56. The molecule has 4 heteroatoms. The highest BCUT2D eigenvalue weighted by Gasteiger charge is 2.06. The quantitative estimate of drug-likeness (QED) is 0.633. The monoisotopic (exact) mass is 280 g/mol. The molecular formula is C16H32N4. The Morgan fingerprint density at radius 3 is 2.45 bits per heavy atom. The van der Waals surface area contributed by atoms with Crippen LogP contribution in [0.1, 0.15) is 65.0 Å². The summed E-state index contributed by atoms with van der Waals surface area (Å²) in [4.78, 5) is 4.54. The SMILES string of the molecule is CCc1nc(CC)n(CCCCCCNCC(C)C)n1. The molecule has 0 aliphatic rings. The van der Waals surface area contributed by atoms with Gasteiger partial charge in [-0.1, -0.05) is 40.5 Å². The molecular weight excluding hydrogens is 248 g/mol. The van der Waals surface area contributed by atoms with Gasteiger partial charge >= 0.3 is 0 Å². The van der Waals surface area contributed by atoms with E-state index in [2.05, 4.69) is 47.8 Å². The first kappa shape index (κ1) is 17.2. The van der Waals surface area contributed by atoms with Crippen molar-refractivity contribution < 1.29 is 0 Å². The minimum atomic E-state index is 0.752. The van der Waals surface area contributed by atoms with Crippen LogP contribution >= 0.6 is 0 Å². The normalized spacial score (nSPS) is 11.4. The van der Waals surface area contributed by atoms with Gasteiger partial charge in [0, 0.05) is 19.4 Å². The summed E-state index contributed by atoms with van der Waals surface area (Å²) in [5, 5.41) is 8.05. The Labute approximate surface area is 124 Å². The maximum Gasteiger partial charge on any atom is 0.150 e. The van der Waals surface area contributed by atoms with Crippen molar-refractivity contribution in [3.63, 3.8) is 0 Å². The third-order valence-corrected chi connectivity index (χ3v) is 3.45. The van der Waals surface area contributed by atoms with Crippen LogP contribution in [-0.2, 0) is 19.4 Å². The van der Waals surface area contributed by atoms with Crippen LogP contribution in [0.25, 0.3) is 0 Å². The summed E-state index contributed by atoms with van der Waals surface area (Å²) in [5.74, 6) is 2.88. The van der Waals surface area contributed by atoms with Gasteiger partial charge in [-0.15, -0.1) is 0 Å². The Morgan fingerprint density at radius 2 is 1.80 bits per heavy atom. The molecule has 1 rings (SSSR count). The highest BCUT2D eigenvalue weighted by atomic mass is 15.3. The Bertz CT molecular complexity index is 357. The van der Waals surface area contributed by atoms with E-state index in [1.54, 1.807) is 0 Å². The number of nitrogens with one attached hydrogen (secondary N) is 1. The van der Waals surface area contributed by atoms with Crippen LogP contribution in [0.4, 0.5) is 0 Å². The predicted molar refractivity (Wildman–Crippen MR) is 85.0 cm³/mol. The number of aryl methyl sites for hydroxylation is 3. The molecule has 0 aliphatic carbocycles. The van der Waals surface area contributed by atoms with E-state index in [0.29, 0.717) is 0 Å². The number of hydrogen-bond acceptors (Lipinski definition) is 3. The molecule has 0 amide bonds. The number of nitrogens with zero attached hydrogens (tertiary/aromatic N) is 3. The fraction of sp³-hybridized carbons (Fsp3) is 0.875. The lowest BCUT2D eigenvalue weighted by Gasteiger charge is -2.07. The molecule has 0 unspecified atom stereocenters. The fourth-order valence-corrected chi connectivity index (χ4v) is 2.27. The van der Waals surface area contributed by atoms with Gasteiger partial charge in [-0.25, -0.2) is 9.67 Å². The van der Waals surface area contributed by atoms with Crippen molar-refractivity contribution in [2.75, 3.05) is 13.1 Å². The molecule has 0 aromatic carbocycles. The average molecular weight is 280 g/mol. The third kappa shape index (κ3) is 6.51. The fourth-order valence-electron chi connectivity index (χ4n) is 2.27. The van der Waals surface area contributed by atoms with Crippen LogP contribution in [0, 0.1) is 5.92 Å². The first-order chi connectivity index (χ1) is 9.67.